The normalized spacial score (nSPS) is 11.3. The van der Waals surface area contributed by atoms with Crippen molar-refractivity contribution in [3.63, 3.8) is 0 Å². The number of ether oxygens (including phenoxy) is 2. The summed E-state index contributed by atoms with van der Waals surface area (Å²) in [6.45, 7) is 3.60. The molecule has 8 nitrogen and oxygen atoms in total. The van der Waals surface area contributed by atoms with E-state index in [0.717, 1.165) is 12.8 Å². The highest BCUT2D eigenvalue weighted by Gasteiger charge is 2.19. The number of carbonyl (C=O) groups excluding carboxylic acids is 2. The van der Waals surface area contributed by atoms with Crippen LogP contribution in [-0.2, 0) is 32.7 Å². The Bertz CT molecular complexity index is 353. The molecule has 0 saturated carbocycles. The number of rotatable bonds is 14. The number of carbonyl (C=O) groups is 2. The Morgan fingerprint density at radius 1 is 0.739 bits per heavy atom. The Morgan fingerprint density at radius 2 is 1.09 bits per heavy atom. The van der Waals surface area contributed by atoms with E-state index in [-0.39, 0.29) is 25.2 Å². The SMILES string of the molecule is CC(=O)OCCCCCOP(=O)(O)OCCCCCOC(C)=O. The smallest absolute Gasteiger partial charge is 0.466 e. The average Bonchev–Trinajstić information content (AvgIpc) is 2.44. The monoisotopic (exact) mass is 354 g/mol. The third kappa shape index (κ3) is 17.2. The van der Waals surface area contributed by atoms with E-state index in [9.17, 15) is 19.0 Å². The van der Waals surface area contributed by atoms with E-state index in [1.807, 2.05) is 0 Å². The standard InChI is InChI=1S/C14H27O8P/c1-13(15)19-9-5-3-7-11-21-23(17,18)22-12-8-4-6-10-20-14(2)16/h3-12H2,1-2H3,(H,17,18). The molecule has 0 atom stereocenters. The lowest BCUT2D eigenvalue weighted by Crippen LogP contribution is -2.02. The molecule has 0 spiro atoms. The van der Waals surface area contributed by atoms with Crippen molar-refractivity contribution in [2.24, 2.45) is 0 Å². The summed E-state index contributed by atoms with van der Waals surface area (Å²) >= 11 is 0. The summed E-state index contributed by atoms with van der Waals surface area (Å²) in [4.78, 5) is 30.5. The van der Waals surface area contributed by atoms with Gasteiger partial charge in [-0.1, -0.05) is 0 Å². The maximum atomic E-state index is 11.5. The van der Waals surface area contributed by atoms with Gasteiger partial charge in [0.05, 0.1) is 26.4 Å². The van der Waals surface area contributed by atoms with Gasteiger partial charge in [-0.15, -0.1) is 0 Å². The molecule has 0 aromatic heterocycles. The van der Waals surface area contributed by atoms with Gasteiger partial charge in [-0.2, -0.15) is 0 Å². The van der Waals surface area contributed by atoms with E-state index < -0.39 is 7.82 Å². The van der Waals surface area contributed by atoms with Crippen LogP contribution in [0.1, 0.15) is 52.4 Å². The minimum absolute atomic E-state index is 0.111. The van der Waals surface area contributed by atoms with Gasteiger partial charge in [0.25, 0.3) is 0 Å². The van der Waals surface area contributed by atoms with E-state index >= 15 is 0 Å². The first kappa shape index (κ1) is 22.1. The topological polar surface area (TPSA) is 108 Å². The van der Waals surface area contributed by atoms with E-state index in [4.69, 9.17) is 18.5 Å². The number of phosphoric acid groups is 1. The lowest BCUT2D eigenvalue weighted by molar-refractivity contribution is -0.142. The number of esters is 2. The number of phosphoric ester groups is 1. The quantitative estimate of drug-likeness (QED) is 0.288. The zero-order valence-electron chi connectivity index (χ0n) is 13.8. The molecular formula is C14H27O8P. The molecule has 0 radical (unpaired) electrons. The maximum absolute atomic E-state index is 11.5. The first-order chi connectivity index (χ1) is 10.8. The maximum Gasteiger partial charge on any atom is 0.472 e. The molecule has 136 valence electrons. The predicted octanol–water partition coefficient (Wildman–Crippen LogP) is 2.59. The highest BCUT2D eigenvalue weighted by Crippen LogP contribution is 2.43. The molecule has 0 aromatic rings. The van der Waals surface area contributed by atoms with E-state index in [0.29, 0.717) is 38.9 Å². The van der Waals surface area contributed by atoms with Gasteiger partial charge in [0.1, 0.15) is 0 Å². The van der Waals surface area contributed by atoms with Crippen molar-refractivity contribution in [2.45, 2.75) is 52.4 Å². The van der Waals surface area contributed by atoms with Gasteiger partial charge in [-0.25, -0.2) is 4.57 Å². The highest BCUT2D eigenvalue weighted by molar-refractivity contribution is 7.47. The van der Waals surface area contributed by atoms with Crippen molar-refractivity contribution in [3.8, 4) is 0 Å². The molecule has 0 rings (SSSR count). The van der Waals surface area contributed by atoms with Crippen LogP contribution in [0.4, 0.5) is 0 Å². The highest BCUT2D eigenvalue weighted by atomic mass is 31.2. The fourth-order valence-electron chi connectivity index (χ4n) is 1.59. The molecule has 0 aromatic carbocycles. The second kappa shape index (κ2) is 13.5. The molecule has 23 heavy (non-hydrogen) atoms. The minimum atomic E-state index is -4.01. The van der Waals surface area contributed by atoms with Gasteiger partial charge >= 0.3 is 19.8 Å². The Hall–Kier alpha value is -0.950. The summed E-state index contributed by atoms with van der Waals surface area (Å²) in [7, 11) is -4.01. The van der Waals surface area contributed by atoms with Crippen molar-refractivity contribution >= 4 is 19.8 Å². The second-order valence-electron chi connectivity index (χ2n) is 4.94. The van der Waals surface area contributed by atoms with Crippen LogP contribution in [0, 0.1) is 0 Å². The molecule has 0 aliphatic heterocycles. The van der Waals surface area contributed by atoms with Gasteiger partial charge in [0.2, 0.25) is 0 Å². The van der Waals surface area contributed by atoms with Crippen LogP contribution in [0.5, 0.6) is 0 Å². The van der Waals surface area contributed by atoms with Crippen molar-refractivity contribution in [3.05, 3.63) is 0 Å². The van der Waals surface area contributed by atoms with Gasteiger partial charge in [-0.05, 0) is 38.5 Å². The summed E-state index contributed by atoms with van der Waals surface area (Å²) < 4.78 is 30.7. The van der Waals surface area contributed by atoms with Crippen LogP contribution in [0.3, 0.4) is 0 Å². The lowest BCUT2D eigenvalue weighted by atomic mass is 10.2. The van der Waals surface area contributed by atoms with Gasteiger partial charge in [-0.3, -0.25) is 18.6 Å². The molecule has 0 amide bonds. The Morgan fingerprint density at radius 3 is 1.43 bits per heavy atom. The molecule has 0 unspecified atom stereocenters. The van der Waals surface area contributed by atoms with E-state index in [2.05, 4.69) is 0 Å². The lowest BCUT2D eigenvalue weighted by Gasteiger charge is -2.12. The molecule has 0 fully saturated rings. The average molecular weight is 354 g/mol. The zero-order valence-corrected chi connectivity index (χ0v) is 14.7. The fraction of sp³-hybridized carbons (Fsp3) is 0.857. The number of hydrogen-bond acceptors (Lipinski definition) is 7. The molecule has 1 N–H and O–H groups in total. The summed E-state index contributed by atoms with van der Waals surface area (Å²) in [6, 6.07) is 0. The van der Waals surface area contributed by atoms with Crippen LogP contribution in [0.15, 0.2) is 0 Å². The number of hydrogen-bond donors (Lipinski definition) is 1. The van der Waals surface area contributed by atoms with E-state index in [1.54, 1.807) is 0 Å². The first-order valence-corrected chi connectivity index (χ1v) is 9.21. The number of unbranched alkanes of at least 4 members (excludes halogenated alkanes) is 4. The fourth-order valence-corrected chi connectivity index (χ4v) is 2.38. The van der Waals surface area contributed by atoms with Crippen LogP contribution >= 0.6 is 7.82 Å². The van der Waals surface area contributed by atoms with Crippen LogP contribution < -0.4 is 0 Å². The zero-order chi connectivity index (χ0) is 17.6. The van der Waals surface area contributed by atoms with Crippen LogP contribution in [-0.4, -0.2) is 43.3 Å². The van der Waals surface area contributed by atoms with Crippen molar-refractivity contribution in [2.75, 3.05) is 26.4 Å². The Kier molecular flexibility index (Phi) is 12.9. The molecule has 0 aliphatic rings. The Balaban J connectivity index is 3.45. The molecule has 9 heteroatoms. The summed E-state index contributed by atoms with van der Waals surface area (Å²) in [5.74, 6) is -0.635. The van der Waals surface area contributed by atoms with Crippen molar-refractivity contribution in [1.29, 1.82) is 0 Å². The van der Waals surface area contributed by atoms with Crippen LogP contribution in [0.25, 0.3) is 0 Å². The van der Waals surface area contributed by atoms with Crippen LogP contribution in [0.2, 0.25) is 0 Å². The summed E-state index contributed by atoms with van der Waals surface area (Å²) in [5, 5.41) is 0. The molecule has 0 heterocycles. The molecule has 0 saturated heterocycles. The summed E-state index contributed by atoms with van der Waals surface area (Å²) in [6.07, 6.45) is 3.98. The van der Waals surface area contributed by atoms with Gasteiger partial charge in [0.15, 0.2) is 0 Å². The minimum Gasteiger partial charge on any atom is -0.466 e. The van der Waals surface area contributed by atoms with Gasteiger partial charge in [0, 0.05) is 13.8 Å². The predicted molar refractivity (Wildman–Crippen MR) is 82.7 cm³/mol. The summed E-state index contributed by atoms with van der Waals surface area (Å²) in [5.41, 5.74) is 0. The molecule has 0 aliphatic carbocycles. The van der Waals surface area contributed by atoms with Crippen molar-refractivity contribution < 1.29 is 37.6 Å². The van der Waals surface area contributed by atoms with E-state index in [1.165, 1.54) is 13.8 Å². The Labute approximate surface area is 137 Å². The van der Waals surface area contributed by atoms with Gasteiger partial charge < -0.3 is 14.4 Å². The van der Waals surface area contributed by atoms with Crippen molar-refractivity contribution in [1.82, 2.24) is 0 Å². The third-order valence-corrected chi connectivity index (χ3v) is 3.71. The molecular weight excluding hydrogens is 327 g/mol. The first-order valence-electron chi connectivity index (χ1n) is 7.72. The molecule has 0 bridgehead atoms. The third-order valence-electron chi connectivity index (χ3n) is 2.70. The second-order valence-corrected chi connectivity index (χ2v) is 6.39. The largest absolute Gasteiger partial charge is 0.472 e.